The van der Waals surface area contributed by atoms with Crippen LogP contribution < -0.4 is 49.1 Å². The van der Waals surface area contributed by atoms with Gasteiger partial charge in [0.2, 0.25) is 65.0 Å². The molecule has 0 saturated carbocycles. The van der Waals surface area contributed by atoms with Gasteiger partial charge in [-0.25, -0.2) is 4.79 Å². The van der Waals surface area contributed by atoms with E-state index < -0.39 is 125 Å². The third-order valence-corrected chi connectivity index (χ3v) is 14.1. The first-order valence-corrected chi connectivity index (χ1v) is 26.1. The number of carboxylic acids is 1. The molecule has 0 spiro atoms. The molecule has 4 aliphatic heterocycles. The Morgan fingerprint density at radius 2 is 0.974 bits per heavy atom. The molecule has 26 nitrogen and oxygen atoms in total. The van der Waals surface area contributed by atoms with Crippen molar-refractivity contribution in [3.8, 4) is 5.75 Å². The summed E-state index contributed by atoms with van der Waals surface area (Å²) in [7, 11) is 0. The Balaban J connectivity index is 1.33. The van der Waals surface area contributed by atoms with E-state index in [9.17, 15) is 67.7 Å². The van der Waals surface area contributed by atoms with E-state index in [1.165, 1.54) is 26.8 Å². The summed E-state index contributed by atoms with van der Waals surface area (Å²) >= 11 is 0. The Kier molecular flexibility index (Phi) is 21.9. The number of aliphatic carboxylic acids is 1. The molecule has 1 aromatic rings. The van der Waals surface area contributed by atoms with E-state index in [2.05, 4.69) is 31.9 Å². The van der Waals surface area contributed by atoms with E-state index in [0.717, 1.165) is 6.42 Å². The Bertz CT molecular complexity index is 2330. The number of nitrogens with two attached hydrogens (primary N) is 3. The van der Waals surface area contributed by atoms with E-state index in [4.69, 9.17) is 17.2 Å². The average Bonchev–Trinajstić information content (AvgIpc) is 4.23. The number of phenols is 1. The highest BCUT2D eigenvalue weighted by Gasteiger charge is 2.44. The van der Waals surface area contributed by atoms with Crippen molar-refractivity contribution in [3.63, 3.8) is 0 Å². The number of carboxylic acid groups (broad SMARTS) is 1. The van der Waals surface area contributed by atoms with Crippen molar-refractivity contribution in [2.45, 2.75) is 171 Å². The van der Waals surface area contributed by atoms with Gasteiger partial charge in [-0.15, -0.1) is 0 Å². The van der Waals surface area contributed by atoms with Crippen molar-refractivity contribution < 1.29 is 67.7 Å². The van der Waals surface area contributed by atoms with Gasteiger partial charge in [0.05, 0.1) is 6.04 Å². The normalized spacial score (nSPS) is 21.2. The van der Waals surface area contributed by atoms with Gasteiger partial charge in [-0.2, -0.15) is 0 Å². The number of amides is 11. The quantitative estimate of drug-likeness (QED) is 0.0419. The molecule has 0 aliphatic carbocycles. The van der Waals surface area contributed by atoms with Crippen molar-refractivity contribution in [1.29, 1.82) is 0 Å². The monoisotopic (exact) mass is 1070 g/mol. The number of rotatable bonds is 27. The molecule has 4 heterocycles. The highest BCUT2D eigenvalue weighted by Crippen LogP contribution is 2.26. The van der Waals surface area contributed by atoms with Crippen LogP contribution in [0.2, 0.25) is 0 Å². The molecule has 1 aromatic carbocycles. The summed E-state index contributed by atoms with van der Waals surface area (Å²) in [6.45, 7) is 4.52. The van der Waals surface area contributed by atoms with Crippen molar-refractivity contribution in [3.05, 3.63) is 29.8 Å². The predicted molar refractivity (Wildman–Crippen MR) is 269 cm³/mol. The molecule has 76 heavy (non-hydrogen) atoms. The fourth-order valence-corrected chi connectivity index (χ4v) is 10.2. The molecule has 4 saturated heterocycles. The van der Waals surface area contributed by atoms with Gasteiger partial charge in [-0.1, -0.05) is 26.0 Å². The zero-order chi connectivity index (χ0) is 55.8. The van der Waals surface area contributed by atoms with E-state index in [-0.39, 0.29) is 102 Å². The number of nitrogens with one attached hydrogen (secondary N) is 6. The lowest BCUT2D eigenvalue weighted by Gasteiger charge is -2.33. The maximum absolute atomic E-state index is 14.8. The summed E-state index contributed by atoms with van der Waals surface area (Å²) in [4.78, 5) is 163. The fraction of sp³-hybridized carbons (Fsp3) is 0.640. The molecule has 4 aliphatic rings. The number of primary amides is 3. The maximum Gasteiger partial charge on any atom is 0.326 e. The molecular formula is C50H74N12O14. The molecule has 5 rings (SSSR count). The second-order valence-corrected chi connectivity index (χ2v) is 20.4. The number of likely N-dealkylation sites (tertiary alicyclic amines) is 3. The molecule has 26 heteroatoms. The van der Waals surface area contributed by atoms with Gasteiger partial charge in [0, 0.05) is 45.3 Å². The summed E-state index contributed by atoms with van der Waals surface area (Å²) in [5.74, 6) is -9.35. The SMILES string of the molecule is CC(C)C[C@H](NC(=O)[C@H](CCC(N)=O)NC(=O)[C@@H]1CCCN1)C(=O)N1CCC[C@H]1C(=O)N[C@@H](Cc1ccc(O)cc1)C(=O)N1CCC[C@H]1C(=O)N[C@@H](CCC(N)=O)C(=O)N1CCC[C@H]1C(=O)N[C@@H](CCC(N)=O)C(=O)O. The summed E-state index contributed by atoms with van der Waals surface area (Å²) in [5, 5.41) is 36.1. The van der Waals surface area contributed by atoms with Crippen LogP contribution in [0.1, 0.15) is 116 Å². The number of carbonyl (C=O) groups is 12. The molecule has 0 radical (unpaired) electrons. The van der Waals surface area contributed by atoms with E-state index in [1.807, 2.05) is 13.8 Å². The molecule has 0 unspecified atom stereocenters. The van der Waals surface area contributed by atoms with Crippen LogP contribution in [0.5, 0.6) is 5.75 Å². The van der Waals surface area contributed by atoms with E-state index in [1.54, 1.807) is 12.1 Å². The summed E-state index contributed by atoms with van der Waals surface area (Å²) < 4.78 is 0. The number of benzene rings is 1. The minimum absolute atomic E-state index is 0.0412. The van der Waals surface area contributed by atoms with Crippen molar-refractivity contribution in [2.24, 2.45) is 23.1 Å². The summed E-state index contributed by atoms with van der Waals surface area (Å²) in [5.41, 5.74) is 16.5. The van der Waals surface area contributed by atoms with Crippen LogP contribution in [0.25, 0.3) is 0 Å². The highest BCUT2D eigenvalue weighted by atomic mass is 16.4. The maximum atomic E-state index is 14.8. The van der Waals surface area contributed by atoms with E-state index >= 15 is 0 Å². The zero-order valence-electron chi connectivity index (χ0n) is 43.1. The van der Waals surface area contributed by atoms with Gasteiger partial charge in [0.1, 0.15) is 54.1 Å². The van der Waals surface area contributed by atoms with Gasteiger partial charge in [0.15, 0.2) is 0 Å². The first kappa shape index (κ1) is 59.5. The van der Waals surface area contributed by atoms with Crippen LogP contribution in [-0.4, -0.2) is 176 Å². The minimum atomic E-state index is -1.49. The van der Waals surface area contributed by atoms with Crippen LogP contribution in [0, 0.1) is 5.92 Å². The number of phenolic OH excluding ortho intramolecular Hbond substituents is 1. The Morgan fingerprint density at radius 3 is 1.42 bits per heavy atom. The fourth-order valence-electron chi connectivity index (χ4n) is 10.2. The Hall–Kier alpha value is -7.38. The van der Waals surface area contributed by atoms with Crippen molar-refractivity contribution in [1.82, 2.24) is 46.6 Å². The lowest BCUT2D eigenvalue weighted by atomic mass is 10.0. The predicted octanol–water partition coefficient (Wildman–Crippen LogP) is -2.99. The summed E-state index contributed by atoms with van der Waals surface area (Å²) in [6.07, 6.45) is 1.22. The number of carbonyl (C=O) groups excluding carboxylic acids is 11. The first-order valence-electron chi connectivity index (χ1n) is 26.1. The topological polar surface area (TPSA) is 405 Å². The second-order valence-electron chi connectivity index (χ2n) is 20.4. The summed E-state index contributed by atoms with van der Waals surface area (Å²) in [6, 6.07) is -4.72. The Morgan fingerprint density at radius 1 is 0.553 bits per heavy atom. The lowest BCUT2D eigenvalue weighted by Crippen LogP contribution is -2.60. The third kappa shape index (κ3) is 16.8. The number of hydrogen-bond acceptors (Lipinski definition) is 14. The Labute approximate surface area is 440 Å². The third-order valence-electron chi connectivity index (χ3n) is 14.1. The second kappa shape index (κ2) is 28.0. The van der Waals surface area contributed by atoms with Crippen LogP contribution in [-0.2, 0) is 64.0 Å². The molecule has 0 aromatic heterocycles. The largest absolute Gasteiger partial charge is 0.508 e. The first-order chi connectivity index (χ1) is 36.0. The van der Waals surface area contributed by atoms with E-state index in [0.29, 0.717) is 37.8 Å². The van der Waals surface area contributed by atoms with Gasteiger partial charge < -0.3 is 74.0 Å². The molecule has 0 bridgehead atoms. The molecular weight excluding hydrogens is 993 g/mol. The molecule has 11 amide bonds. The van der Waals surface area contributed by atoms with Crippen LogP contribution in [0.4, 0.5) is 0 Å². The smallest absolute Gasteiger partial charge is 0.326 e. The van der Waals surface area contributed by atoms with Gasteiger partial charge in [-0.3, -0.25) is 52.7 Å². The lowest BCUT2D eigenvalue weighted by molar-refractivity contribution is -0.146. The molecule has 4 fully saturated rings. The van der Waals surface area contributed by atoms with Gasteiger partial charge in [-0.05, 0) is 107 Å². The number of aromatic hydroxyl groups is 1. The van der Waals surface area contributed by atoms with Crippen molar-refractivity contribution >= 4 is 70.9 Å². The van der Waals surface area contributed by atoms with Gasteiger partial charge >= 0.3 is 5.97 Å². The minimum Gasteiger partial charge on any atom is -0.508 e. The molecule has 418 valence electrons. The van der Waals surface area contributed by atoms with Crippen LogP contribution in [0.3, 0.4) is 0 Å². The van der Waals surface area contributed by atoms with Gasteiger partial charge in [0.25, 0.3) is 0 Å². The molecule has 14 N–H and O–H groups in total. The number of nitrogens with zero attached hydrogens (tertiary/aromatic N) is 3. The van der Waals surface area contributed by atoms with Crippen LogP contribution >= 0.6 is 0 Å². The average molecular weight is 1070 g/mol. The standard InChI is InChI=1S/C50H74N12O14/c1-27(2)25-34(58-43(68)31(15-18-39(51)64)55-42(67)30-7-3-21-54-30)48(73)61-23-6-10-38(61)46(71)59-35(26-28-11-13-29(63)14-12-28)49(74)62-24-5-8-36(62)44(69)56-32(16-19-40(52)65)47(72)60-22-4-9-37(60)45(70)57-33(50(75)76)17-20-41(53)66/h11-14,27,30-38,54,63H,3-10,15-26H2,1-2H3,(H2,51,64)(H2,52,65)(H2,53,66)(H,55,67)(H,56,69)(H,57,70)(H,58,68)(H,59,71)(H,75,76)/t30-,31-,32-,33-,34-,35-,36-,37-,38-/m0/s1. The highest BCUT2D eigenvalue weighted by molar-refractivity contribution is 5.99. The number of hydrogen-bond donors (Lipinski definition) is 11. The van der Waals surface area contributed by atoms with Crippen molar-refractivity contribution in [2.75, 3.05) is 26.2 Å². The zero-order valence-corrected chi connectivity index (χ0v) is 43.1. The molecule has 9 atom stereocenters. The van der Waals surface area contributed by atoms with Crippen LogP contribution in [0.15, 0.2) is 24.3 Å².